The van der Waals surface area contributed by atoms with Gasteiger partial charge in [0.15, 0.2) is 0 Å². The van der Waals surface area contributed by atoms with Crippen molar-refractivity contribution in [3.63, 3.8) is 0 Å². The molecule has 0 heterocycles. The summed E-state index contributed by atoms with van der Waals surface area (Å²) in [5.74, 6) is -4.30. The van der Waals surface area contributed by atoms with Crippen LogP contribution in [0.1, 0.15) is 19.3 Å². The molecule has 0 aliphatic rings. The Labute approximate surface area is 120 Å². The number of carbonyl (C=O) groups excluding carboxylic acids is 2. The Morgan fingerprint density at radius 1 is 0.609 bits per heavy atom. The molecule has 14 heteroatoms. The Morgan fingerprint density at radius 3 is 1.09 bits per heavy atom. The summed E-state index contributed by atoms with van der Waals surface area (Å²) in [4.78, 5) is 21.3. The molecule has 0 amide bonds. The van der Waals surface area contributed by atoms with Crippen molar-refractivity contribution in [3.05, 3.63) is 0 Å². The van der Waals surface area contributed by atoms with Gasteiger partial charge >= 0.3 is 36.5 Å². The molecule has 0 aromatic rings. The number of halogens is 10. The molecule has 4 nitrogen and oxygen atoms in total. The van der Waals surface area contributed by atoms with Crippen molar-refractivity contribution in [2.24, 2.45) is 0 Å². The largest absolute Gasteiger partial charge is 0.501 e. The summed E-state index contributed by atoms with van der Waals surface area (Å²) in [6.07, 6.45) is -27.5. The smallest absolute Gasteiger partial charge is 0.394 e. The Balaban J connectivity index is 4.32. The number of rotatable bonds is 6. The van der Waals surface area contributed by atoms with E-state index in [2.05, 4.69) is 9.47 Å². The van der Waals surface area contributed by atoms with E-state index in [1.807, 2.05) is 0 Å². The van der Waals surface area contributed by atoms with Gasteiger partial charge in [0, 0.05) is 12.8 Å². The summed E-state index contributed by atoms with van der Waals surface area (Å²) >= 11 is 0. The Hall–Kier alpha value is -1.76. The highest BCUT2D eigenvalue weighted by Gasteiger charge is 2.62. The maximum atomic E-state index is 12.2. The third-order valence-corrected chi connectivity index (χ3v) is 1.91. The molecule has 0 N–H and O–H groups in total. The lowest BCUT2D eigenvalue weighted by molar-refractivity contribution is -0.376. The van der Waals surface area contributed by atoms with Crippen LogP contribution in [0.5, 0.6) is 0 Å². The van der Waals surface area contributed by atoms with Crippen LogP contribution in [-0.2, 0) is 19.1 Å². The van der Waals surface area contributed by atoms with Gasteiger partial charge in [-0.1, -0.05) is 0 Å². The zero-order valence-electron chi connectivity index (χ0n) is 10.5. The second-order valence-electron chi connectivity index (χ2n) is 3.83. The van der Waals surface area contributed by atoms with Crippen molar-refractivity contribution < 1.29 is 63.0 Å². The topological polar surface area (TPSA) is 52.6 Å². The molecule has 0 saturated carbocycles. The van der Waals surface area contributed by atoms with Gasteiger partial charge in [-0.2, -0.15) is 43.9 Å². The maximum absolute atomic E-state index is 12.2. The van der Waals surface area contributed by atoms with Gasteiger partial charge in [0.2, 0.25) is 0 Å². The molecular formula is C9H6F10O4. The van der Waals surface area contributed by atoms with E-state index in [9.17, 15) is 53.5 Å². The summed E-state index contributed by atoms with van der Waals surface area (Å²) in [7, 11) is 0. The first kappa shape index (κ1) is 21.2. The van der Waals surface area contributed by atoms with Gasteiger partial charge in [0.1, 0.15) is 0 Å². The molecule has 23 heavy (non-hydrogen) atoms. The first-order valence-electron chi connectivity index (χ1n) is 5.32. The number of ether oxygens (including phenoxy) is 2. The van der Waals surface area contributed by atoms with Gasteiger partial charge in [0.25, 0.3) is 0 Å². The van der Waals surface area contributed by atoms with Crippen molar-refractivity contribution in [2.45, 2.75) is 43.8 Å². The van der Waals surface area contributed by atoms with Crippen LogP contribution >= 0.6 is 0 Å². The molecule has 0 fully saturated rings. The van der Waals surface area contributed by atoms with Crippen molar-refractivity contribution in [2.75, 3.05) is 0 Å². The average molecular weight is 368 g/mol. The highest BCUT2D eigenvalue weighted by molar-refractivity contribution is 5.72. The molecule has 0 bridgehead atoms. The fraction of sp³-hybridized carbons (Fsp3) is 0.778. The van der Waals surface area contributed by atoms with Crippen molar-refractivity contribution >= 4 is 11.9 Å². The van der Waals surface area contributed by atoms with E-state index in [0.29, 0.717) is 0 Å². The van der Waals surface area contributed by atoms with Gasteiger partial charge in [-0.25, -0.2) is 0 Å². The third kappa shape index (κ3) is 6.48. The fourth-order valence-corrected chi connectivity index (χ4v) is 0.881. The molecular weight excluding hydrogens is 362 g/mol. The van der Waals surface area contributed by atoms with E-state index >= 15 is 0 Å². The van der Waals surface area contributed by atoms with Crippen LogP contribution in [0, 0.1) is 0 Å². The second-order valence-corrected chi connectivity index (χ2v) is 3.83. The quantitative estimate of drug-likeness (QED) is 0.532. The molecule has 0 rings (SSSR count). The van der Waals surface area contributed by atoms with Crippen molar-refractivity contribution in [3.8, 4) is 0 Å². The number of hydrogen-bond acceptors (Lipinski definition) is 4. The molecule has 0 unspecified atom stereocenters. The van der Waals surface area contributed by atoms with Crippen LogP contribution in [0.2, 0.25) is 0 Å². The number of alkyl halides is 10. The minimum Gasteiger partial charge on any atom is -0.394 e. The lowest BCUT2D eigenvalue weighted by Crippen LogP contribution is -2.41. The lowest BCUT2D eigenvalue weighted by Gasteiger charge is -2.19. The van der Waals surface area contributed by atoms with E-state index < -0.39 is 55.8 Å². The van der Waals surface area contributed by atoms with Gasteiger partial charge < -0.3 is 9.47 Å². The van der Waals surface area contributed by atoms with Crippen LogP contribution in [-0.4, -0.2) is 36.5 Å². The third-order valence-electron chi connectivity index (χ3n) is 1.91. The first-order chi connectivity index (χ1) is 9.99. The van der Waals surface area contributed by atoms with E-state index in [0.717, 1.165) is 0 Å². The molecule has 0 aromatic carbocycles. The molecule has 0 spiro atoms. The number of hydrogen-bond donors (Lipinski definition) is 0. The summed E-state index contributed by atoms with van der Waals surface area (Å²) in [6, 6.07) is 0. The van der Waals surface area contributed by atoms with Gasteiger partial charge in [-0.15, -0.1) is 0 Å². The molecule has 0 radical (unpaired) electrons. The zero-order valence-corrected chi connectivity index (χ0v) is 10.5. The summed E-state index contributed by atoms with van der Waals surface area (Å²) in [6.45, 7) is 0. The highest BCUT2D eigenvalue weighted by Crippen LogP contribution is 2.37. The average Bonchev–Trinajstić information content (AvgIpc) is 2.23. The van der Waals surface area contributed by atoms with E-state index in [4.69, 9.17) is 0 Å². The van der Waals surface area contributed by atoms with Crippen LogP contribution < -0.4 is 0 Å². The van der Waals surface area contributed by atoms with Gasteiger partial charge in [0.05, 0.1) is 0 Å². The summed E-state index contributed by atoms with van der Waals surface area (Å²) in [5, 5.41) is 0. The van der Waals surface area contributed by atoms with Crippen LogP contribution in [0.25, 0.3) is 0 Å². The maximum Gasteiger partial charge on any atom is 0.501 e. The van der Waals surface area contributed by atoms with Crippen molar-refractivity contribution in [1.29, 1.82) is 0 Å². The lowest BCUT2D eigenvalue weighted by atomic mass is 10.2. The van der Waals surface area contributed by atoms with Crippen LogP contribution in [0.15, 0.2) is 0 Å². The monoisotopic (exact) mass is 368 g/mol. The predicted octanol–water partition coefficient (Wildman–Crippen LogP) is 3.55. The van der Waals surface area contributed by atoms with Crippen LogP contribution in [0.4, 0.5) is 43.9 Å². The minimum absolute atomic E-state index is 0.959. The van der Waals surface area contributed by atoms with E-state index in [1.54, 1.807) is 0 Å². The minimum atomic E-state index is -6.20. The molecule has 0 atom stereocenters. The Morgan fingerprint density at radius 2 is 0.870 bits per heavy atom. The zero-order chi connectivity index (χ0) is 18.7. The Bertz CT molecular complexity index is 399. The molecule has 0 aromatic heterocycles. The van der Waals surface area contributed by atoms with E-state index in [-0.39, 0.29) is 0 Å². The molecule has 0 aliphatic carbocycles. The standard InChI is InChI=1S/C9H6F10O4/c10-6(11,12)8(16,17)22-4(20)2-1-3-5(21)23-9(18,19)7(13,14)15/h1-3H2. The predicted molar refractivity (Wildman–Crippen MR) is 48.0 cm³/mol. The van der Waals surface area contributed by atoms with Gasteiger partial charge in [-0.05, 0) is 6.42 Å². The molecule has 0 aliphatic heterocycles. The summed E-state index contributed by atoms with van der Waals surface area (Å²) < 4.78 is 124. The fourth-order valence-electron chi connectivity index (χ4n) is 0.881. The SMILES string of the molecule is O=C(CCCC(=O)OC(F)(F)C(F)(F)F)OC(F)(F)C(F)(F)F. The summed E-state index contributed by atoms with van der Waals surface area (Å²) in [5.41, 5.74) is 0. The van der Waals surface area contributed by atoms with E-state index in [1.165, 1.54) is 0 Å². The van der Waals surface area contributed by atoms with Crippen LogP contribution in [0.3, 0.4) is 0 Å². The molecule has 136 valence electrons. The highest BCUT2D eigenvalue weighted by atomic mass is 19.4. The Kier molecular flexibility index (Phi) is 6.26. The molecule has 0 saturated heterocycles. The normalized spacial score (nSPS) is 13.7. The first-order valence-corrected chi connectivity index (χ1v) is 5.32. The number of esters is 2. The second kappa shape index (κ2) is 6.78. The van der Waals surface area contributed by atoms with Gasteiger partial charge in [-0.3, -0.25) is 9.59 Å². The van der Waals surface area contributed by atoms with Crippen molar-refractivity contribution in [1.82, 2.24) is 0 Å². The number of carbonyl (C=O) groups is 2.